The summed E-state index contributed by atoms with van der Waals surface area (Å²) in [5.74, 6) is 0.920. The Morgan fingerprint density at radius 3 is 2.40 bits per heavy atom. The van der Waals surface area contributed by atoms with E-state index in [1.807, 2.05) is 78.9 Å². The zero-order chi connectivity index (χ0) is 21.0. The number of nitriles is 1. The number of carbonyl (C=O) groups is 1. The first-order chi connectivity index (χ1) is 14.7. The summed E-state index contributed by atoms with van der Waals surface area (Å²) in [6.45, 7) is 0.403. The standard InChI is InChI=1S/C26H23NO3/c1-29-21-13-11-20(12-14-21)25-23(28)15-16-26(25,18-27)22-9-5-6-10-24(22)30-17-19-7-3-2-4-8-19/h2-14,25H,15-17H2,1H3. The molecule has 0 aliphatic heterocycles. The van der Waals surface area contributed by atoms with Crippen molar-refractivity contribution in [2.75, 3.05) is 7.11 Å². The molecular formula is C26H23NO3. The summed E-state index contributed by atoms with van der Waals surface area (Å²) in [5, 5.41) is 10.3. The molecular weight excluding hydrogens is 374 g/mol. The summed E-state index contributed by atoms with van der Waals surface area (Å²) in [7, 11) is 1.61. The van der Waals surface area contributed by atoms with Crippen LogP contribution in [0.15, 0.2) is 78.9 Å². The van der Waals surface area contributed by atoms with Crippen molar-refractivity contribution in [3.05, 3.63) is 95.6 Å². The number of carbonyl (C=O) groups excluding carboxylic acids is 1. The zero-order valence-corrected chi connectivity index (χ0v) is 16.9. The molecule has 0 amide bonds. The highest BCUT2D eigenvalue weighted by molar-refractivity contribution is 5.91. The number of nitrogens with zero attached hydrogens (tertiary/aromatic N) is 1. The van der Waals surface area contributed by atoms with E-state index in [0.717, 1.165) is 22.4 Å². The minimum Gasteiger partial charge on any atom is -0.497 e. The molecule has 3 aromatic rings. The number of hydrogen-bond donors (Lipinski definition) is 0. The smallest absolute Gasteiger partial charge is 0.142 e. The van der Waals surface area contributed by atoms with Gasteiger partial charge < -0.3 is 9.47 Å². The van der Waals surface area contributed by atoms with Crippen LogP contribution in [0, 0.1) is 11.3 Å². The van der Waals surface area contributed by atoms with Crippen molar-refractivity contribution in [2.45, 2.75) is 30.8 Å². The van der Waals surface area contributed by atoms with Gasteiger partial charge in [-0.1, -0.05) is 60.7 Å². The van der Waals surface area contributed by atoms with Gasteiger partial charge in [0.15, 0.2) is 0 Å². The number of para-hydroxylation sites is 1. The van der Waals surface area contributed by atoms with Crippen LogP contribution in [0.25, 0.3) is 0 Å². The van der Waals surface area contributed by atoms with Crippen LogP contribution >= 0.6 is 0 Å². The molecule has 2 atom stereocenters. The van der Waals surface area contributed by atoms with Gasteiger partial charge in [-0.15, -0.1) is 0 Å². The molecule has 150 valence electrons. The molecule has 0 radical (unpaired) electrons. The second-order valence-corrected chi connectivity index (χ2v) is 7.53. The Morgan fingerprint density at radius 1 is 1.00 bits per heavy atom. The number of hydrogen-bond acceptors (Lipinski definition) is 4. The molecule has 4 rings (SSSR count). The third-order valence-corrected chi connectivity index (χ3v) is 5.83. The largest absolute Gasteiger partial charge is 0.497 e. The molecule has 30 heavy (non-hydrogen) atoms. The maximum Gasteiger partial charge on any atom is 0.142 e. The van der Waals surface area contributed by atoms with E-state index in [0.29, 0.717) is 25.2 Å². The van der Waals surface area contributed by atoms with Gasteiger partial charge in [-0.2, -0.15) is 5.26 Å². The Kier molecular flexibility index (Phi) is 5.54. The quantitative estimate of drug-likeness (QED) is 0.575. The number of methoxy groups -OCH3 is 1. The van der Waals surface area contributed by atoms with Gasteiger partial charge in [0.05, 0.1) is 24.5 Å². The Morgan fingerprint density at radius 2 is 1.70 bits per heavy atom. The van der Waals surface area contributed by atoms with E-state index in [1.165, 1.54) is 0 Å². The predicted molar refractivity (Wildman–Crippen MR) is 114 cm³/mol. The lowest BCUT2D eigenvalue weighted by Crippen LogP contribution is -2.30. The number of benzene rings is 3. The van der Waals surface area contributed by atoms with Crippen molar-refractivity contribution in [3.8, 4) is 17.6 Å². The molecule has 1 fully saturated rings. The summed E-state index contributed by atoms with van der Waals surface area (Å²) in [6.07, 6.45) is 0.849. The molecule has 0 spiro atoms. The predicted octanol–water partition coefficient (Wildman–Crippen LogP) is 5.18. The van der Waals surface area contributed by atoms with Crippen LogP contribution in [0.4, 0.5) is 0 Å². The fourth-order valence-electron chi connectivity index (χ4n) is 4.32. The molecule has 1 aliphatic carbocycles. The van der Waals surface area contributed by atoms with Gasteiger partial charge in [0.25, 0.3) is 0 Å². The number of Topliss-reactive ketones (excluding diaryl/α,β-unsaturated/α-hetero) is 1. The van der Waals surface area contributed by atoms with Crippen molar-refractivity contribution in [3.63, 3.8) is 0 Å². The number of ether oxygens (including phenoxy) is 2. The van der Waals surface area contributed by atoms with Gasteiger partial charge in [0.1, 0.15) is 23.9 Å². The van der Waals surface area contributed by atoms with E-state index in [9.17, 15) is 10.1 Å². The van der Waals surface area contributed by atoms with Crippen LogP contribution in [0.1, 0.15) is 35.4 Å². The Balaban J connectivity index is 1.73. The minimum atomic E-state index is -0.959. The lowest BCUT2D eigenvalue weighted by molar-refractivity contribution is -0.118. The van der Waals surface area contributed by atoms with Crippen LogP contribution < -0.4 is 9.47 Å². The van der Waals surface area contributed by atoms with Crippen LogP contribution in [-0.2, 0) is 16.8 Å². The highest BCUT2D eigenvalue weighted by Crippen LogP contribution is 2.51. The first kappa shape index (κ1) is 19.7. The SMILES string of the molecule is COc1ccc(C2C(=O)CCC2(C#N)c2ccccc2OCc2ccccc2)cc1. The van der Waals surface area contributed by atoms with Crippen molar-refractivity contribution < 1.29 is 14.3 Å². The second kappa shape index (κ2) is 8.42. The monoisotopic (exact) mass is 397 g/mol. The van der Waals surface area contributed by atoms with Gasteiger partial charge in [-0.25, -0.2) is 0 Å². The van der Waals surface area contributed by atoms with E-state index < -0.39 is 11.3 Å². The van der Waals surface area contributed by atoms with Crippen molar-refractivity contribution in [1.82, 2.24) is 0 Å². The van der Waals surface area contributed by atoms with Gasteiger partial charge in [-0.3, -0.25) is 4.79 Å². The lowest BCUT2D eigenvalue weighted by Gasteiger charge is -2.30. The van der Waals surface area contributed by atoms with Crippen molar-refractivity contribution in [2.24, 2.45) is 0 Å². The lowest BCUT2D eigenvalue weighted by atomic mass is 9.70. The maximum atomic E-state index is 12.9. The second-order valence-electron chi connectivity index (χ2n) is 7.53. The van der Waals surface area contributed by atoms with Gasteiger partial charge in [0, 0.05) is 12.0 Å². The number of rotatable bonds is 6. The molecule has 0 bridgehead atoms. The molecule has 3 aromatic carbocycles. The van der Waals surface area contributed by atoms with E-state index in [-0.39, 0.29) is 5.78 Å². The highest BCUT2D eigenvalue weighted by Gasteiger charge is 2.51. The molecule has 2 unspecified atom stereocenters. The summed E-state index contributed by atoms with van der Waals surface area (Å²) in [5.41, 5.74) is 1.69. The zero-order valence-electron chi connectivity index (χ0n) is 16.9. The normalized spacial score (nSPS) is 20.5. The average Bonchev–Trinajstić information content (AvgIpc) is 3.15. The van der Waals surface area contributed by atoms with Crippen molar-refractivity contribution in [1.29, 1.82) is 5.26 Å². The Labute approximate surface area is 176 Å². The summed E-state index contributed by atoms with van der Waals surface area (Å²) in [6, 6.07) is 27.4. The van der Waals surface area contributed by atoms with Gasteiger partial charge in [0.2, 0.25) is 0 Å². The molecule has 0 saturated heterocycles. The molecule has 4 heteroatoms. The molecule has 0 N–H and O–H groups in total. The third-order valence-electron chi connectivity index (χ3n) is 5.83. The Hall–Kier alpha value is -3.58. The van der Waals surface area contributed by atoms with Crippen LogP contribution in [0.2, 0.25) is 0 Å². The summed E-state index contributed by atoms with van der Waals surface area (Å²) in [4.78, 5) is 12.9. The topological polar surface area (TPSA) is 59.3 Å². The number of ketones is 1. The van der Waals surface area contributed by atoms with Crippen LogP contribution in [0.5, 0.6) is 11.5 Å². The third kappa shape index (κ3) is 3.55. The van der Waals surface area contributed by atoms with Crippen molar-refractivity contribution >= 4 is 5.78 Å². The summed E-state index contributed by atoms with van der Waals surface area (Å²) < 4.78 is 11.4. The van der Waals surface area contributed by atoms with E-state index in [2.05, 4.69) is 6.07 Å². The molecule has 1 saturated carbocycles. The van der Waals surface area contributed by atoms with E-state index in [1.54, 1.807) is 7.11 Å². The first-order valence-electron chi connectivity index (χ1n) is 10.0. The Bertz CT molecular complexity index is 1070. The fourth-order valence-corrected chi connectivity index (χ4v) is 4.32. The molecule has 1 aliphatic rings. The fraction of sp³-hybridized carbons (Fsp3) is 0.231. The minimum absolute atomic E-state index is 0.0829. The van der Waals surface area contributed by atoms with Crippen LogP contribution in [-0.4, -0.2) is 12.9 Å². The van der Waals surface area contributed by atoms with E-state index >= 15 is 0 Å². The molecule has 4 nitrogen and oxygen atoms in total. The average molecular weight is 397 g/mol. The first-order valence-corrected chi connectivity index (χ1v) is 10.0. The van der Waals surface area contributed by atoms with Crippen LogP contribution in [0.3, 0.4) is 0 Å². The van der Waals surface area contributed by atoms with E-state index in [4.69, 9.17) is 9.47 Å². The van der Waals surface area contributed by atoms with Gasteiger partial charge >= 0.3 is 0 Å². The summed E-state index contributed by atoms with van der Waals surface area (Å²) >= 11 is 0. The maximum absolute atomic E-state index is 12.9. The molecule has 0 aromatic heterocycles. The highest BCUT2D eigenvalue weighted by atomic mass is 16.5. The van der Waals surface area contributed by atoms with Gasteiger partial charge in [-0.05, 0) is 35.7 Å². The molecule has 0 heterocycles.